The van der Waals surface area contributed by atoms with E-state index in [0.717, 1.165) is 50.5 Å². The average Bonchev–Trinajstić information content (AvgIpc) is 2.72. The van der Waals surface area contributed by atoms with Crippen LogP contribution in [0.4, 0.5) is 11.6 Å². The van der Waals surface area contributed by atoms with E-state index in [0.29, 0.717) is 5.92 Å². The first-order valence-electron chi connectivity index (χ1n) is 10.2. The maximum absolute atomic E-state index is 9.73. The van der Waals surface area contributed by atoms with Crippen LogP contribution < -0.4 is 9.80 Å². The smallest absolute Gasteiger partial charge is 0.134 e. The summed E-state index contributed by atoms with van der Waals surface area (Å²) in [6.07, 6.45) is 6.11. The van der Waals surface area contributed by atoms with Crippen LogP contribution in [0.25, 0.3) is 0 Å². The fourth-order valence-electron chi connectivity index (χ4n) is 4.53. The van der Waals surface area contributed by atoms with Gasteiger partial charge in [-0.3, -0.25) is 0 Å². The topological polar surface area (TPSA) is 52.5 Å². The Bertz CT molecular complexity index is 792. The number of fused-ring (bicyclic) bond motifs is 1. The van der Waals surface area contributed by atoms with E-state index in [4.69, 9.17) is 0 Å². The van der Waals surface area contributed by atoms with E-state index in [1.807, 2.05) is 0 Å². The van der Waals surface area contributed by atoms with Crippen molar-refractivity contribution in [3.63, 3.8) is 0 Å². The highest BCUT2D eigenvalue weighted by Crippen LogP contribution is 2.31. The van der Waals surface area contributed by atoms with Crippen molar-refractivity contribution in [3.05, 3.63) is 47.3 Å². The number of aromatic nitrogens is 2. The fraction of sp³-hybridized carbons (Fsp3) is 0.545. The number of rotatable bonds is 4. The first-order chi connectivity index (χ1) is 13.2. The van der Waals surface area contributed by atoms with Crippen LogP contribution in [0.3, 0.4) is 0 Å². The molecule has 0 spiro atoms. The maximum atomic E-state index is 9.73. The number of nitrogens with zero attached hydrogens (tertiary/aromatic N) is 4. The Hall–Kier alpha value is -2.14. The second-order valence-corrected chi connectivity index (χ2v) is 8.07. The van der Waals surface area contributed by atoms with E-state index in [1.54, 1.807) is 6.33 Å². The molecule has 27 heavy (non-hydrogen) atoms. The summed E-state index contributed by atoms with van der Waals surface area (Å²) in [5.74, 6) is 2.50. The van der Waals surface area contributed by atoms with Gasteiger partial charge in [-0.15, -0.1) is 0 Å². The van der Waals surface area contributed by atoms with Crippen LogP contribution in [0.2, 0.25) is 0 Å². The fourth-order valence-corrected chi connectivity index (χ4v) is 4.53. The van der Waals surface area contributed by atoms with Crippen molar-refractivity contribution in [2.45, 2.75) is 58.0 Å². The van der Waals surface area contributed by atoms with Gasteiger partial charge >= 0.3 is 0 Å². The highest BCUT2D eigenvalue weighted by molar-refractivity contribution is 5.53. The van der Waals surface area contributed by atoms with Crippen molar-refractivity contribution >= 4 is 11.6 Å². The Morgan fingerprint density at radius 2 is 2.00 bits per heavy atom. The van der Waals surface area contributed by atoms with E-state index >= 15 is 0 Å². The molecular weight excluding hydrogens is 336 g/mol. The second-order valence-electron chi connectivity index (χ2n) is 8.07. The van der Waals surface area contributed by atoms with E-state index in [9.17, 15) is 5.11 Å². The molecular formula is C22H30N4O. The van der Waals surface area contributed by atoms with Gasteiger partial charge in [0.25, 0.3) is 0 Å². The van der Waals surface area contributed by atoms with Crippen molar-refractivity contribution in [1.82, 2.24) is 9.97 Å². The highest BCUT2D eigenvalue weighted by atomic mass is 16.3. The Morgan fingerprint density at radius 1 is 1.15 bits per heavy atom. The molecule has 0 aliphatic carbocycles. The molecule has 2 aliphatic rings. The molecule has 1 N–H and O–H groups in total. The minimum Gasteiger partial charge on any atom is -0.394 e. The Balaban J connectivity index is 1.57. The van der Waals surface area contributed by atoms with Crippen LogP contribution in [0, 0.1) is 0 Å². The lowest BCUT2D eigenvalue weighted by molar-refractivity contribution is 0.239. The summed E-state index contributed by atoms with van der Waals surface area (Å²) in [5.41, 5.74) is 4.42. The van der Waals surface area contributed by atoms with Crippen LogP contribution >= 0.6 is 0 Å². The van der Waals surface area contributed by atoms with Crippen molar-refractivity contribution in [3.8, 4) is 0 Å². The first-order valence-corrected chi connectivity index (χ1v) is 10.2. The lowest BCUT2D eigenvalue weighted by Gasteiger charge is -2.36. The van der Waals surface area contributed by atoms with Gasteiger partial charge in [-0.25, -0.2) is 9.97 Å². The predicted molar refractivity (Wildman–Crippen MR) is 109 cm³/mol. The van der Waals surface area contributed by atoms with Gasteiger partial charge in [-0.05, 0) is 48.3 Å². The third kappa shape index (κ3) is 3.65. The number of aliphatic hydroxyl groups excluding tert-OH is 1. The number of benzene rings is 1. The third-order valence-electron chi connectivity index (χ3n) is 6.02. The van der Waals surface area contributed by atoms with Gasteiger partial charge in [-0.2, -0.15) is 0 Å². The van der Waals surface area contributed by atoms with Crippen LogP contribution in [-0.2, 0) is 13.0 Å². The van der Waals surface area contributed by atoms with Gasteiger partial charge in [0.15, 0.2) is 0 Å². The molecule has 3 heterocycles. The molecule has 5 heteroatoms. The van der Waals surface area contributed by atoms with E-state index in [1.165, 1.54) is 23.1 Å². The Labute approximate surface area is 162 Å². The number of piperidine rings is 1. The standard InChI is InChI=1S/C22H30N4O/c1-16(2)19-8-5-6-17-13-25(11-9-20(17)19)21-12-22(24-15-23-21)26-10-4-3-7-18(26)14-27/h5-6,8,12,15-16,18,27H,3-4,7,9-11,13-14H2,1-2H3. The Kier molecular flexibility index (Phi) is 5.30. The molecule has 2 aliphatic heterocycles. The second kappa shape index (κ2) is 7.85. The molecule has 2 aromatic rings. The maximum Gasteiger partial charge on any atom is 0.134 e. The highest BCUT2D eigenvalue weighted by Gasteiger charge is 2.25. The first kappa shape index (κ1) is 18.2. The van der Waals surface area contributed by atoms with Crippen molar-refractivity contribution in [2.24, 2.45) is 0 Å². The summed E-state index contributed by atoms with van der Waals surface area (Å²) in [6.45, 7) is 7.58. The van der Waals surface area contributed by atoms with Gasteiger partial charge in [0, 0.05) is 25.7 Å². The molecule has 4 rings (SSSR count). The summed E-state index contributed by atoms with van der Waals surface area (Å²) >= 11 is 0. The van der Waals surface area contributed by atoms with E-state index < -0.39 is 0 Å². The van der Waals surface area contributed by atoms with Gasteiger partial charge in [0.2, 0.25) is 0 Å². The van der Waals surface area contributed by atoms with E-state index in [-0.39, 0.29) is 12.6 Å². The lowest BCUT2D eigenvalue weighted by Crippen LogP contribution is -2.42. The zero-order valence-electron chi connectivity index (χ0n) is 16.4. The van der Waals surface area contributed by atoms with Gasteiger partial charge in [-0.1, -0.05) is 32.0 Å². The quantitative estimate of drug-likeness (QED) is 0.897. The summed E-state index contributed by atoms with van der Waals surface area (Å²) in [5, 5.41) is 9.73. The van der Waals surface area contributed by atoms with Crippen LogP contribution in [0.1, 0.15) is 55.7 Å². The molecule has 1 aromatic carbocycles. The lowest BCUT2D eigenvalue weighted by atomic mass is 9.89. The van der Waals surface area contributed by atoms with Crippen molar-refractivity contribution in [1.29, 1.82) is 0 Å². The number of hydrogen-bond donors (Lipinski definition) is 1. The Morgan fingerprint density at radius 3 is 2.81 bits per heavy atom. The summed E-state index contributed by atoms with van der Waals surface area (Å²) in [7, 11) is 0. The molecule has 1 unspecified atom stereocenters. The van der Waals surface area contributed by atoms with Crippen molar-refractivity contribution < 1.29 is 5.11 Å². The zero-order valence-corrected chi connectivity index (χ0v) is 16.4. The molecule has 0 amide bonds. The summed E-state index contributed by atoms with van der Waals surface area (Å²) in [4.78, 5) is 13.7. The molecule has 1 fully saturated rings. The zero-order chi connectivity index (χ0) is 18.8. The summed E-state index contributed by atoms with van der Waals surface area (Å²) < 4.78 is 0. The monoisotopic (exact) mass is 366 g/mol. The SMILES string of the molecule is CC(C)c1cccc2c1CCN(c1cc(N3CCCCC3CO)ncn1)C2. The normalized spacial score (nSPS) is 20.1. The van der Waals surface area contributed by atoms with Crippen molar-refractivity contribution in [2.75, 3.05) is 29.5 Å². The predicted octanol–water partition coefficient (Wildman–Crippen LogP) is 3.51. The minimum atomic E-state index is 0.178. The molecule has 0 radical (unpaired) electrons. The molecule has 5 nitrogen and oxygen atoms in total. The molecule has 1 atom stereocenters. The summed E-state index contributed by atoms with van der Waals surface area (Å²) in [6, 6.07) is 8.99. The molecule has 0 bridgehead atoms. The molecule has 1 aromatic heterocycles. The largest absolute Gasteiger partial charge is 0.394 e. The number of anilines is 2. The van der Waals surface area contributed by atoms with Crippen LogP contribution in [0.15, 0.2) is 30.6 Å². The molecule has 0 saturated carbocycles. The minimum absolute atomic E-state index is 0.178. The number of hydrogen-bond acceptors (Lipinski definition) is 5. The van der Waals surface area contributed by atoms with Gasteiger partial charge in [0.05, 0.1) is 12.6 Å². The molecule has 1 saturated heterocycles. The number of aliphatic hydroxyl groups is 1. The third-order valence-corrected chi connectivity index (χ3v) is 6.02. The van der Waals surface area contributed by atoms with E-state index in [2.05, 4.69) is 57.9 Å². The molecule has 144 valence electrons. The van der Waals surface area contributed by atoms with Crippen LogP contribution in [0.5, 0.6) is 0 Å². The van der Waals surface area contributed by atoms with Gasteiger partial charge in [0.1, 0.15) is 18.0 Å². The van der Waals surface area contributed by atoms with Gasteiger partial charge < -0.3 is 14.9 Å². The average molecular weight is 367 g/mol. The van der Waals surface area contributed by atoms with Crippen LogP contribution in [-0.4, -0.2) is 40.8 Å².